The molecule has 25 heavy (non-hydrogen) atoms. The Morgan fingerprint density at radius 2 is 2.04 bits per heavy atom. The van der Waals surface area contributed by atoms with Gasteiger partial charge in [-0.25, -0.2) is 0 Å². The molecule has 1 N–H and O–H groups in total. The summed E-state index contributed by atoms with van der Waals surface area (Å²) in [6.07, 6.45) is 9.44. The lowest BCUT2D eigenvalue weighted by Crippen LogP contribution is -2.49. The van der Waals surface area contributed by atoms with E-state index < -0.39 is 0 Å². The maximum absolute atomic E-state index is 5.66. The summed E-state index contributed by atoms with van der Waals surface area (Å²) in [6.45, 7) is 5.08. The Morgan fingerprint density at radius 3 is 2.64 bits per heavy atom. The van der Waals surface area contributed by atoms with Crippen molar-refractivity contribution in [3.05, 3.63) is 0 Å². The topological polar surface area (TPSA) is 40.1 Å². The molecule has 1 spiro atoms. The minimum Gasteiger partial charge on any atom is -0.381 e. The van der Waals surface area contributed by atoms with Crippen molar-refractivity contribution in [1.82, 2.24) is 15.1 Å². The first-order valence-corrected chi connectivity index (χ1v) is 9.83. The second kappa shape index (κ2) is 9.74. The SMILES string of the molecule is CN=C(NCC(C1CCCCC1)N(C)C)N1CCC2(CCOC2)C1.I. The van der Waals surface area contributed by atoms with Gasteiger partial charge >= 0.3 is 0 Å². The van der Waals surface area contributed by atoms with Crippen molar-refractivity contribution in [3.63, 3.8) is 0 Å². The first kappa shape index (κ1) is 21.2. The van der Waals surface area contributed by atoms with Crippen LogP contribution in [0, 0.1) is 11.3 Å². The van der Waals surface area contributed by atoms with Crippen molar-refractivity contribution in [2.45, 2.75) is 51.0 Å². The maximum atomic E-state index is 5.66. The zero-order chi connectivity index (χ0) is 17.0. The van der Waals surface area contributed by atoms with Gasteiger partial charge in [0.05, 0.1) is 6.61 Å². The van der Waals surface area contributed by atoms with Crippen LogP contribution in [0.1, 0.15) is 44.9 Å². The van der Waals surface area contributed by atoms with Gasteiger partial charge in [-0.05, 0) is 45.7 Å². The van der Waals surface area contributed by atoms with Crippen molar-refractivity contribution in [3.8, 4) is 0 Å². The third-order valence-corrected chi connectivity index (χ3v) is 6.46. The van der Waals surface area contributed by atoms with Crippen molar-refractivity contribution < 1.29 is 4.74 Å². The lowest BCUT2D eigenvalue weighted by Gasteiger charge is -2.36. The summed E-state index contributed by atoms with van der Waals surface area (Å²) < 4.78 is 5.66. The van der Waals surface area contributed by atoms with Gasteiger partial charge in [0.2, 0.25) is 0 Å². The standard InChI is InChI=1S/C19H36N4O.HI/c1-20-18(23-11-9-19(14-23)10-12-24-15-19)21-13-17(22(2)3)16-7-5-4-6-8-16;/h16-17H,4-15H2,1-3H3,(H,20,21);1H. The van der Waals surface area contributed by atoms with Gasteiger partial charge in [-0.1, -0.05) is 19.3 Å². The second-order valence-electron chi connectivity index (χ2n) is 8.33. The smallest absolute Gasteiger partial charge is 0.193 e. The molecule has 2 heterocycles. The number of nitrogens with one attached hydrogen (secondary N) is 1. The Hall–Kier alpha value is -0.0800. The minimum absolute atomic E-state index is 0. The number of guanidine groups is 1. The number of aliphatic imine (C=N–C) groups is 1. The van der Waals surface area contributed by atoms with Gasteiger partial charge < -0.3 is 19.9 Å². The average Bonchev–Trinajstić information content (AvgIpc) is 3.22. The largest absolute Gasteiger partial charge is 0.381 e. The van der Waals surface area contributed by atoms with E-state index in [9.17, 15) is 0 Å². The fourth-order valence-corrected chi connectivity index (χ4v) is 4.91. The number of nitrogens with zero attached hydrogens (tertiary/aromatic N) is 3. The molecule has 0 radical (unpaired) electrons. The van der Waals surface area contributed by atoms with E-state index >= 15 is 0 Å². The van der Waals surface area contributed by atoms with E-state index in [1.165, 1.54) is 44.9 Å². The highest BCUT2D eigenvalue weighted by molar-refractivity contribution is 14.0. The van der Waals surface area contributed by atoms with E-state index in [1.54, 1.807) is 0 Å². The number of ether oxygens (including phenoxy) is 1. The molecule has 0 bridgehead atoms. The number of hydrogen-bond acceptors (Lipinski definition) is 3. The maximum Gasteiger partial charge on any atom is 0.193 e. The molecule has 146 valence electrons. The summed E-state index contributed by atoms with van der Waals surface area (Å²) in [5, 5.41) is 3.69. The molecule has 3 rings (SSSR count). The molecule has 1 saturated carbocycles. The molecule has 5 nitrogen and oxygen atoms in total. The van der Waals surface area contributed by atoms with Crippen molar-refractivity contribution >= 4 is 29.9 Å². The first-order chi connectivity index (χ1) is 11.6. The molecule has 0 aromatic heterocycles. The fourth-order valence-electron chi connectivity index (χ4n) is 4.91. The number of halogens is 1. The van der Waals surface area contributed by atoms with Crippen LogP contribution in [0.3, 0.4) is 0 Å². The zero-order valence-electron chi connectivity index (χ0n) is 16.3. The normalized spacial score (nSPS) is 29.3. The molecule has 2 aliphatic heterocycles. The second-order valence-corrected chi connectivity index (χ2v) is 8.33. The van der Waals surface area contributed by atoms with Crippen LogP contribution in [0.25, 0.3) is 0 Å². The third-order valence-electron chi connectivity index (χ3n) is 6.46. The average molecular weight is 464 g/mol. The summed E-state index contributed by atoms with van der Waals surface area (Å²) in [7, 11) is 6.37. The number of likely N-dealkylation sites (tertiary alicyclic amines) is 1. The van der Waals surface area contributed by atoms with E-state index in [-0.39, 0.29) is 24.0 Å². The van der Waals surface area contributed by atoms with Gasteiger partial charge in [-0.15, -0.1) is 24.0 Å². The minimum atomic E-state index is 0. The molecule has 1 aliphatic carbocycles. The van der Waals surface area contributed by atoms with Gasteiger partial charge in [0.15, 0.2) is 5.96 Å². The Balaban J connectivity index is 0.00000225. The summed E-state index contributed by atoms with van der Waals surface area (Å²) in [4.78, 5) is 9.43. The summed E-state index contributed by atoms with van der Waals surface area (Å²) >= 11 is 0. The third kappa shape index (κ3) is 5.22. The number of hydrogen-bond donors (Lipinski definition) is 1. The number of rotatable bonds is 4. The van der Waals surface area contributed by atoms with Gasteiger partial charge in [-0.3, -0.25) is 4.99 Å². The highest BCUT2D eigenvalue weighted by Gasteiger charge is 2.42. The summed E-state index contributed by atoms with van der Waals surface area (Å²) in [6, 6.07) is 0.605. The van der Waals surface area contributed by atoms with Gasteiger partial charge in [0, 0.05) is 44.7 Å². The molecular formula is C19H37IN4O. The summed E-state index contributed by atoms with van der Waals surface area (Å²) in [5.41, 5.74) is 0.391. The lowest BCUT2D eigenvalue weighted by atomic mass is 9.83. The molecule has 6 heteroatoms. The van der Waals surface area contributed by atoms with Crippen LogP contribution in [-0.4, -0.2) is 75.8 Å². The highest BCUT2D eigenvalue weighted by atomic mass is 127. The van der Waals surface area contributed by atoms with Crippen LogP contribution < -0.4 is 5.32 Å². The zero-order valence-corrected chi connectivity index (χ0v) is 18.6. The van der Waals surface area contributed by atoms with Crippen LogP contribution in [0.5, 0.6) is 0 Å². The van der Waals surface area contributed by atoms with Gasteiger partial charge in [-0.2, -0.15) is 0 Å². The Bertz CT molecular complexity index is 431. The van der Waals surface area contributed by atoms with Crippen LogP contribution in [0.15, 0.2) is 4.99 Å². The quantitative estimate of drug-likeness (QED) is 0.395. The molecule has 0 aromatic rings. The Labute approximate surface area is 171 Å². The van der Waals surface area contributed by atoms with Crippen LogP contribution >= 0.6 is 24.0 Å². The van der Waals surface area contributed by atoms with Crippen LogP contribution in [0.2, 0.25) is 0 Å². The Morgan fingerprint density at radius 1 is 1.28 bits per heavy atom. The van der Waals surface area contributed by atoms with E-state index in [0.29, 0.717) is 11.5 Å². The van der Waals surface area contributed by atoms with E-state index in [2.05, 4.69) is 34.2 Å². The van der Waals surface area contributed by atoms with Crippen molar-refractivity contribution in [1.29, 1.82) is 0 Å². The Kier molecular flexibility index (Phi) is 8.27. The van der Waals surface area contributed by atoms with Crippen LogP contribution in [-0.2, 0) is 4.74 Å². The molecule has 2 saturated heterocycles. The number of likely N-dealkylation sites (N-methyl/N-ethyl adjacent to an activating group) is 1. The molecule has 2 atom stereocenters. The molecular weight excluding hydrogens is 427 g/mol. The van der Waals surface area contributed by atoms with Crippen LogP contribution in [0.4, 0.5) is 0 Å². The van der Waals surface area contributed by atoms with Crippen molar-refractivity contribution in [2.24, 2.45) is 16.3 Å². The fraction of sp³-hybridized carbons (Fsp3) is 0.947. The van der Waals surface area contributed by atoms with Crippen molar-refractivity contribution in [2.75, 3.05) is 54.0 Å². The van der Waals surface area contributed by atoms with Gasteiger partial charge in [0.1, 0.15) is 0 Å². The molecule has 3 fully saturated rings. The monoisotopic (exact) mass is 464 g/mol. The van der Waals surface area contributed by atoms with Gasteiger partial charge in [0.25, 0.3) is 0 Å². The molecule has 2 unspecified atom stereocenters. The van der Waals surface area contributed by atoms with E-state index in [1.807, 2.05) is 7.05 Å². The van der Waals surface area contributed by atoms with E-state index in [0.717, 1.165) is 44.7 Å². The first-order valence-electron chi connectivity index (χ1n) is 9.83. The molecule has 0 amide bonds. The lowest BCUT2D eigenvalue weighted by molar-refractivity contribution is 0.156. The predicted octanol–water partition coefficient (Wildman–Crippen LogP) is 2.80. The van der Waals surface area contributed by atoms with E-state index in [4.69, 9.17) is 4.74 Å². The predicted molar refractivity (Wildman–Crippen MR) is 115 cm³/mol. The highest BCUT2D eigenvalue weighted by Crippen LogP contribution is 2.38. The molecule has 0 aromatic carbocycles. The summed E-state index contributed by atoms with van der Waals surface area (Å²) in [5.74, 6) is 1.91. The molecule has 3 aliphatic rings.